The van der Waals surface area contributed by atoms with E-state index in [0.717, 1.165) is 19.5 Å². The van der Waals surface area contributed by atoms with E-state index in [9.17, 15) is 14.4 Å². The SMILES string of the molecule is CC(C)(C)OC(=O)N1CCN(CCNC(=O)C2CCCN2C(=O)c2ccco2)CC1. The van der Waals surface area contributed by atoms with Crippen LogP contribution in [0.5, 0.6) is 0 Å². The molecule has 0 bridgehead atoms. The first kappa shape index (κ1) is 22.1. The first-order valence-corrected chi connectivity index (χ1v) is 10.6. The van der Waals surface area contributed by atoms with Gasteiger partial charge < -0.3 is 24.3 Å². The van der Waals surface area contributed by atoms with E-state index in [0.29, 0.717) is 39.1 Å². The number of piperazine rings is 1. The Bertz CT molecular complexity index is 735. The van der Waals surface area contributed by atoms with Crippen LogP contribution in [-0.2, 0) is 9.53 Å². The van der Waals surface area contributed by atoms with Crippen molar-refractivity contribution in [3.63, 3.8) is 0 Å². The Kier molecular flexibility index (Phi) is 7.02. The van der Waals surface area contributed by atoms with Crippen LogP contribution in [-0.4, -0.2) is 90.1 Å². The summed E-state index contributed by atoms with van der Waals surface area (Å²) in [6.07, 6.45) is 2.64. The molecule has 0 saturated carbocycles. The smallest absolute Gasteiger partial charge is 0.410 e. The highest BCUT2D eigenvalue weighted by Crippen LogP contribution is 2.20. The molecular weight excluding hydrogens is 388 g/mol. The number of hydrogen-bond donors (Lipinski definition) is 1. The summed E-state index contributed by atoms with van der Waals surface area (Å²) in [7, 11) is 0. The van der Waals surface area contributed by atoms with Crippen molar-refractivity contribution in [3.05, 3.63) is 24.2 Å². The molecule has 2 aliphatic heterocycles. The van der Waals surface area contributed by atoms with Gasteiger partial charge in [-0.2, -0.15) is 0 Å². The third kappa shape index (κ3) is 5.75. The second-order valence-corrected chi connectivity index (χ2v) is 8.73. The van der Waals surface area contributed by atoms with Crippen LogP contribution in [0.2, 0.25) is 0 Å². The fourth-order valence-electron chi connectivity index (χ4n) is 3.76. The van der Waals surface area contributed by atoms with E-state index in [-0.39, 0.29) is 23.7 Å². The van der Waals surface area contributed by atoms with Crippen molar-refractivity contribution < 1.29 is 23.5 Å². The van der Waals surface area contributed by atoms with E-state index in [4.69, 9.17) is 9.15 Å². The van der Waals surface area contributed by atoms with E-state index in [1.807, 2.05) is 20.8 Å². The lowest BCUT2D eigenvalue weighted by atomic mass is 10.2. The van der Waals surface area contributed by atoms with E-state index in [2.05, 4.69) is 10.2 Å². The largest absolute Gasteiger partial charge is 0.459 e. The molecule has 166 valence electrons. The summed E-state index contributed by atoms with van der Waals surface area (Å²) < 4.78 is 10.6. The van der Waals surface area contributed by atoms with E-state index >= 15 is 0 Å². The number of nitrogens with zero attached hydrogens (tertiary/aromatic N) is 3. The number of furan rings is 1. The zero-order valence-electron chi connectivity index (χ0n) is 18.1. The van der Waals surface area contributed by atoms with Gasteiger partial charge in [0.25, 0.3) is 5.91 Å². The minimum atomic E-state index is -0.495. The maximum absolute atomic E-state index is 12.6. The van der Waals surface area contributed by atoms with Crippen LogP contribution < -0.4 is 5.32 Å². The lowest BCUT2D eigenvalue weighted by Crippen LogP contribution is -2.52. The zero-order valence-corrected chi connectivity index (χ0v) is 18.1. The molecule has 30 heavy (non-hydrogen) atoms. The number of hydrogen-bond acceptors (Lipinski definition) is 6. The second kappa shape index (κ2) is 9.51. The average molecular weight is 421 g/mol. The predicted molar refractivity (Wildman–Crippen MR) is 110 cm³/mol. The molecule has 3 heterocycles. The Hall–Kier alpha value is -2.55. The van der Waals surface area contributed by atoms with Crippen molar-refractivity contribution in [3.8, 4) is 0 Å². The Morgan fingerprint density at radius 3 is 2.53 bits per heavy atom. The molecule has 1 aromatic heterocycles. The van der Waals surface area contributed by atoms with Crippen molar-refractivity contribution in [2.24, 2.45) is 0 Å². The highest BCUT2D eigenvalue weighted by molar-refractivity contribution is 5.95. The van der Waals surface area contributed by atoms with Crippen molar-refractivity contribution in [1.82, 2.24) is 20.0 Å². The molecule has 1 unspecified atom stereocenters. The highest BCUT2D eigenvalue weighted by Gasteiger charge is 2.35. The number of carbonyl (C=O) groups is 3. The van der Waals surface area contributed by atoms with Gasteiger partial charge in [0.15, 0.2) is 5.76 Å². The molecule has 1 atom stereocenters. The minimum Gasteiger partial charge on any atom is -0.459 e. The van der Waals surface area contributed by atoms with Crippen LogP contribution in [0.1, 0.15) is 44.2 Å². The minimum absolute atomic E-state index is 0.125. The number of nitrogens with one attached hydrogen (secondary N) is 1. The van der Waals surface area contributed by atoms with Gasteiger partial charge in [-0.15, -0.1) is 0 Å². The molecule has 0 spiro atoms. The first-order chi connectivity index (χ1) is 14.2. The fraction of sp³-hybridized carbons (Fsp3) is 0.667. The van der Waals surface area contributed by atoms with Gasteiger partial charge in [-0.25, -0.2) is 4.79 Å². The monoisotopic (exact) mass is 420 g/mol. The van der Waals surface area contributed by atoms with Crippen LogP contribution in [0, 0.1) is 0 Å². The summed E-state index contributed by atoms with van der Waals surface area (Å²) in [6.45, 7) is 10.0. The van der Waals surface area contributed by atoms with Crippen LogP contribution in [0.3, 0.4) is 0 Å². The van der Waals surface area contributed by atoms with Gasteiger partial charge in [0.05, 0.1) is 6.26 Å². The molecule has 9 heteroatoms. The molecule has 2 saturated heterocycles. The number of ether oxygens (including phenoxy) is 1. The number of carbonyl (C=O) groups excluding carboxylic acids is 3. The summed E-state index contributed by atoms with van der Waals surface area (Å²) in [6, 6.07) is 2.83. The van der Waals surface area contributed by atoms with Gasteiger partial charge in [-0.05, 0) is 45.7 Å². The van der Waals surface area contributed by atoms with Gasteiger partial charge in [0.1, 0.15) is 11.6 Å². The van der Waals surface area contributed by atoms with Crippen LogP contribution >= 0.6 is 0 Å². The lowest BCUT2D eigenvalue weighted by molar-refractivity contribution is -0.124. The van der Waals surface area contributed by atoms with Crippen LogP contribution in [0.4, 0.5) is 4.79 Å². The second-order valence-electron chi connectivity index (χ2n) is 8.73. The molecular formula is C21H32N4O5. The van der Waals surface area contributed by atoms with Crippen LogP contribution in [0.25, 0.3) is 0 Å². The maximum atomic E-state index is 12.6. The molecule has 0 aliphatic carbocycles. The summed E-state index contributed by atoms with van der Waals surface area (Å²) in [5.74, 6) is -0.103. The number of rotatable bonds is 5. The maximum Gasteiger partial charge on any atom is 0.410 e. The first-order valence-electron chi connectivity index (χ1n) is 10.6. The summed E-state index contributed by atoms with van der Waals surface area (Å²) in [5, 5.41) is 2.96. The third-order valence-electron chi connectivity index (χ3n) is 5.30. The molecule has 3 amide bonds. The molecule has 2 fully saturated rings. The van der Waals surface area contributed by atoms with Gasteiger partial charge >= 0.3 is 6.09 Å². The molecule has 1 aromatic rings. The van der Waals surface area contributed by atoms with Gasteiger partial charge in [0, 0.05) is 45.8 Å². The lowest BCUT2D eigenvalue weighted by Gasteiger charge is -2.35. The molecule has 3 rings (SSSR count). The van der Waals surface area contributed by atoms with Crippen molar-refractivity contribution in [2.75, 3.05) is 45.8 Å². The highest BCUT2D eigenvalue weighted by atomic mass is 16.6. The van der Waals surface area contributed by atoms with Crippen molar-refractivity contribution >= 4 is 17.9 Å². The topological polar surface area (TPSA) is 95.3 Å². The quantitative estimate of drug-likeness (QED) is 0.777. The van der Waals surface area contributed by atoms with Gasteiger partial charge in [0.2, 0.25) is 5.91 Å². The third-order valence-corrected chi connectivity index (χ3v) is 5.30. The van der Waals surface area contributed by atoms with Crippen molar-refractivity contribution in [2.45, 2.75) is 45.3 Å². The molecule has 0 aromatic carbocycles. The normalized spacial score (nSPS) is 20.3. The van der Waals surface area contributed by atoms with E-state index < -0.39 is 11.6 Å². The summed E-state index contributed by atoms with van der Waals surface area (Å²) in [5.41, 5.74) is -0.495. The van der Waals surface area contributed by atoms with E-state index in [1.165, 1.54) is 6.26 Å². The molecule has 0 radical (unpaired) electrons. The molecule has 9 nitrogen and oxygen atoms in total. The van der Waals surface area contributed by atoms with Crippen molar-refractivity contribution in [1.29, 1.82) is 0 Å². The Balaban J connectivity index is 1.39. The zero-order chi connectivity index (χ0) is 21.7. The molecule has 2 aliphatic rings. The predicted octanol–water partition coefficient (Wildman–Crippen LogP) is 1.55. The van der Waals surface area contributed by atoms with E-state index in [1.54, 1.807) is 21.9 Å². The van der Waals surface area contributed by atoms with Gasteiger partial charge in [-0.1, -0.05) is 0 Å². The number of amides is 3. The summed E-state index contributed by atoms with van der Waals surface area (Å²) in [4.78, 5) is 42.8. The average Bonchev–Trinajstić information content (AvgIpc) is 3.38. The Morgan fingerprint density at radius 1 is 1.17 bits per heavy atom. The van der Waals surface area contributed by atoms with Crippen LogP contribution in [0.15, 0.2) is 22.8 Å². The summed E-state index contributed by atoms with van der Waals surface area (Å²) >= 11 is 0. The van der Waals surface area contributed by atoms with Gasteiger partial charge in [-0.3, -0.25) is 14.5 Å². The molecule has 1 N–H and O–H groups in total. The standard InChI is InChI=1S/C21H32N4O5/c1-21(2,3)30-20(28)24-13-11-23(12-14-24)10-8-22-18(26)16-6-4-9-25(16)19(27)17-7-5-15-29-17/h5,7,15-16H,4,6,8-14H2,1-3H3,(H,22,26). The fourth-order valence-corrected chi connectivity index (χ4v) is 3.76. The Morgan fingerprint density at radius 2 is 1.90 bits per heavy atom. The Labute approximate surface area is 177 Å². The number of likely N-dealkylation sites (tertiary alicyclic amines) is 1.